The molecule has 0 unspecified atom stereocenters. The maximum Gasteiger partial charge on any atom is 0.309 e. The van der Waals surface area contributed by atoms with Crippen molar-refractivity contribution < 1.29 is 14.3 Å². The van der Waals surface area contributed by atoms with Crippen LogP contribution >= 0.6 is 0 Å². The van der Waals surface area contributed by atoms with Crippen molar-refractivity contribution in [2.75, 3.05) is 0 Å². The standard InChI is InChI=1S/C16H24O3/c1-8-4-5-12-11(6-8)7-13-15(14(12)9(2)17)10(3)19-16(13)18/h8,10-15H,4-7H2,1-3H3/t8-,10-,11+,12-,13-,14+,15-/m1/s1. The monoisotopic (exact) mass is 264 g/mol. The Morgan fingerprint density at radius 3 is 2.63 bits per heavy atom. The van der Waals surface area contributed by atoms with Gasteiger partial charge < -0.3 is 4.74 Å². The van der Waals surface area contributed by atoms with E-state index >= 15 is 0 Å². The van der Waals surface area contributed by atoms with Gasteiger partial charge in [-0.15, -0.1) is 0 Å². The molecule has 3 heteroatoms. The van der Waals surface area contributed by atoms with Crippen molar-refractivity contribution in [3.8, 4) is 0 Å². The van der Waals surface area contributed by atoms with Crippen LogP contribution in [0, 0.1) is 35.5 Å². The lowest BCUT2D eigenvalue weighted by molar-refractivity contribution is -0.144. The Morgan fingerprint density at radius 1 is 1.21 bits per heavy atom. The third-order valence-corrected chi connectivity index (χ3v) is 5.82. The first-order valence-corrected chi connectivity index (χ1v) is 7.70. The lowest BCUT2D eigenvalue weighted by Gasteiger charge is -2.47. The molecule has 3 nitrogen and oxygen atoms in total. The van der Waals surface area contributed by atoms with Crippen molar-refractivity contribution in [3.05, 3.63) is 0 Å². The Labute approximate surface area is 115 Å². The van der Waals surface area contributed by atoms with Gasteiger partial charge in [0, 0.05) is 11.8 Å². The number of rotatable bonds is 1. The molecule has 106 valence electrons. The van der Waals surface area contributed by atoms with E-state index in [4.69, 9.17) is 4.74 Å². The summed E-state index contributed by atoms with van der Waals surface area (Å²) in [4.78, 5) is 24.2. The van der Waals surface area contributed by atoms with Gasteiger partial charge in [0.2, 0.25) is 0 Å². The summed E-state index contributed by atoms with van der Waals surface area (Å²) in [5, 5.41) is 0. The van der Waals surface area contributed by atoms with Gasteiger partial charge >= 0.3 is 5.97 Å². The molecule has 0 N–H and O–H groups in total. The first-order valence-electron chi connectivity index (χ1n) is 7.70. The molecule has 3 fully saturated rings. The second-order valence-corrected chi connectivity index (χ2v) is 7.04. The molecule has 3 aliphatic rings. The van der Waals surface area contributed by atoms with Crippen LogP contribution in [0.5, 0.6) is 0 Å². The normalized spacial score (nSPS) is 49.2. The van der Waals surface area contributed by atoms with Crippen molar-refractivity contribution in [2.24, 2.45) is 35.5 Å². The lowest BCUT2D eigenvalue weighted by Crippen LogP contribution is -2.47. The summed E-state index contributed by atoms with van der Waals surface area (Å²) in [6.07, 6.45) is 4.43. The Balaban J connectivity index is 1.92. The second kappa shape index (κ2) is 4.60. The zero-order valence-electron chi connectivity index (χ0n) is 12.1. The molecular formula is C16H24O3. The molecule has 2 saturated carbocycles. The number of cyclic esters (lactones) is 1. The fraction of sp³-hybridized carbons (Fsp3) is 0.875. The van der Waals surface area contributed by atoms with Crippen molar-refractivity contribution in [2.45, 2.75) is 52.6 Å². The molecular weight excluding hydrogens is 240 g/mol. The van der Waals surface area contributed by atoms with Crippen molar-refractivity contribution in [1.82, 2.24) is 0 Å². The summed E-state index contributed by atoms with van der Waals surface area (Å²) in [6.45, 7) is 5.96. The fourth-order valence-electron chi connectivity index (χ4n) is 5.08. The van der Waals surface area contributed by atoms with E-state index in [0.29, 0.717) is 11.8 Å². The molecule has 0 aromatic rings. The molecule has 0 bridgehead atoms. The Hall–Kier alpha value is -0.860. The van der Waals surface area contributed by atoms with Crippen LogP contribution in [0.15, 0.2) is 0 Å². The van der Waals surface area contributed by atoms with E-state index in [-0.39, 0.29) is 35.6 Å². The van der Waals surface area contributed by atoms with E-state index in [9.17, 15) is 9.59 Å². The van der Waals surface area contributed by atoms with Gasteiger partial charge in [0.1, 0.15) is 11.9 Å². The molecule has 0 aromatic carbocycles. The summed E-state index contributed by atoms with van der Waals surface area (Å²) in [7, 11) is 0. The van der Waals surface area contributed by atoms with Crippen LogP contribution in [0.2, 0.25) is 0 Å². The fourth-order valence-corrected chi connectivity index (χ4v) is 5.08. The van der Waals surface area contributed by atoms with Crippen LogP contribution in [-0.2, 0) is 14.3 Å². The summed E-state index contributed by atoms with van der Waals surface area (Å²) >= 11 is 0. The SMILES string of the molecule is CC(=O)[C@H]1[C@@H]2CC[C@@H](C)C[C@H]2C[C@H]2C(=O)O[C@H](C)[C@@H]12. The Morgan fingerprint density at radius 2 is 1.95 bits per heavy atom. The second-order valence-electron chi connectivity index (χ2n) is 7.04. The minimum absolute atomic E-state index is 0.0181. The van der Waals surface area contributed by atoms with Crippen LogP contribution in [0.3, 0.4) is 0 Å². The van der Waals surface area contributed by atoms with Crippen LogP contribution in [-0.4, -0.2) is 17.9 Å². The molecule has 3 rings (SSSR count). The molecule has 2 aliphatic carbocycles. The van der Waals surface area contributed by atoms with Crippen LogP contribution < -0.4 is 0 Å². The first kappa shape index (κ1) is 13.1. The van der Waals surface area contributed by atoms with E-state index in [1.165, 1.54) is 12.8 Å². The van der Waals surface area contributed by atoms with Crippen LogP contribution in [0.1, 0.15) is 46.5 Å². The molecule has 19 heavy (non-hydrogen) atoms. The molecule has 0 spiro atoms. The maximum atomic E-state index is 12.2. The molecule has 0 aromatic heterocycles. The number of ether oxygens (including phenoxy) is 1. The quantitative estimate of drug-likeness (QED) is 0.684. The Bertz CT molecular complexity index is 403. The number of esters is 1. The Kier molecular flexibility index (Phi) is 3.18. The number of Topliss-reactive ketones (excluding diaryl/α,β-unsaturated/α-hetero) is 1. The summed E-state index contributed by atoms with van der Waals surface area (Å²) in [6, 6.07) is 0. The topological polar surface area (TPSA) is 43.4 Å². The molecule has 0 radical (unpaired) electrons. The number of fused-ring (bicyclic) bond motifs is 2. The van der Waals surface area contributed by atoms with Gasteiger partial charge in [0.25, 0.3) is 0 Å². The van der Waals surface area contributed by atoms with E-state index in [0.717, 1.165) is 18.8 Å². The van der Waals surface area contributed by atoms with Gasteiger partial charge in [-0.25, -0.2) is 0 Å². The highest BCUT2D eigenvalue weighted by Gasteiger charge is 2.56. The van der Waals surface area contributed by atoms with E-state index in [1.807, 2.05) is 6.92 Å². The number of ketones is 1. The van der Waals surface area contributed by atoms with Gasteiger partial charge in [-0.2, -0.15) is 0 Å². The number of carbonyl (C=O) groups is 2. The van der Waals surface area contributed by atoms with Gasteiger partial charge in [0.15, 0.2) is 0 Å². The minimum atomic E-state index is -0.0771. The third-order valence-electron chi connectivity index (χ3n) is 5.82. The minimum Gasteiger partial charge on any atom is -0.462 e. The summed E-state index contributed by atoms with van der Waals surface area (Å²) in [5.74, 6) is 2.17. The highest BCUT2D eigenvalue weighted by atomic mass is 16.6. The predicted molar refractivity (Wildman–Crippen MR) is 71.3 cm³/mol. The van der Waals surface area contributed by atoms with Gasteiger partial charge in [-0.3, -0.25) is 9.59 Å². The molecule has 7 atom stereocenters. The molecule has 0 amide bonds. The van der Waals surface area contributed by atoms with Gasteiger partial charge in [-0.1, -0.05) is 13.3 Å². The molecule has 1 heterocycles. The van der Waals surface area contributed by atoms with Crippen LogP contribution in [0.4, 0.5) is 0 Å². The highest BCUT2D eigenvalue weighted by molar-refractivity contribution is 5.82. The van der Waals surface area contributed by atoms with Crippen molar-refractivity contribution >= 4 is 11.8 Å². The summed E-state index contributed by atoms with van der Waals surface area (Å²) < 4.78 is 5.43. The van der Waals surface area contributed by atoms with Crippen LogP contribution in [0.25, 0.3) is 0 Å². The summed E-state index contributed by atoms with van der Waals surface area (Å²) in [5.41, 5.74) is 0. The maximum absolute atomic E-state index is 12.2. The third kappa shape index (κ3) is 2.02. The van der Waals surface area contributed by atoms with Gasteiger partial charge in [0.05, 0.1) is 5.92 Å². The highest BCUT2D eigenvalue weighted by Crippen LogP contribution is 2.53. The largest absolute Gasteiger partial charge is 0.462 e. The first-order chi connectivity index (χ1) is 8.99. The predicted octanol–water partition coefficient (Wildman–Crippen LogP) is 2.83. The average Bonchev–Trinajstić information content (AvgIpc) is 2.61. The van der Waals surface area contributed by atoms with Crippen molar-refractivity contribution in [1.29, 1.82) is 0 Å². The smallest absolute Gasteiger partial charge is 0.309 e. The van der Waals surface area contributed by atoms with E-state index < -0.39 is 0 Å². The number of hydrogen-bond donors (Lipinski definition) is 0. The molecule has 1 saturated heterocycles. The van der Waals surface area contributed by atoms with E-state index in [1.54, 1.807) is 6.92 Å². The zero-order valence-corrected chi connectivity index (χ0v) is 12.1. The lowest BCUT2D eigenvalue weighted by atomic mass is 9.55. The van der Waals surface area contributed by atoms with Gasteiger partial charge in [-0.05, 0) is 50.9 Å². The molecule has 1 aliphatic heterocycles. The zero-order chi connectivity index (χ0) is 13.7. The van der Waals surface area contributed by atoms with E-state index in [2.05, 4.69) is 6.92 Å². The number of hydrogen-bond acceptors (Lipinski definition) is 3. The number of carbonyl (C=O) groups excluding carboxylic acids is 2. The van der Waals surface area contributed by atoms with Crippen molar-refractivity contribution in [3.63, 3.8) is 0 Å². The average molecular weight is 264 g/mol.